The number of nitrogens with zero attached hydrogens (tertiary/aromatic N) is 2. The molecule has 0 bridgehead atoms. The van der Waals surface area contributed by atoms with Crippen LogP contribution in [0.15, 0.2) is 41.4 Å². The van der Waals surface area contributed by atoms with E-state index in [9.17, 15) is 10.1 Å². The lowest BCUT2D eigenvalue weighted by Gasteiger charge is -2.17. The smallest absolute Gasteiger partial charge is 0.258 e. The lowest BCUT2D eigenvalue weighted by atomic mass is 9.87. The Balaban J connectivity index is 2.44. The molecule has 2 rings (SSSR count). The van der Waals surface area contributed by atoms with Gasteiger partial charge in [-0.3, -0.25) is 10.1 Å². The van der Waals surface area contributed by atoms with Crippen LogP contribution >= 0.6 is 11.6 Å². The molecule has 0 radical (unpaired) electrons. The highest BCUT2D eigenvalue weighted by atomic mass is 35.5. The minimum absolute atomic E-state index is 0.0235. The second kappa shape index (κ2) is 5.03. The minimum Gasteiger partial charge on any atom is -0.258 e. The predicted octanol–water partition coefficient (Wildman–Crippen LogP) is 3.64. The Morgan fingerprint density at radius 3 is 2.61 bits per heavy atom. The monoisotopic (exact) mass is 260 g/mol. The number of allylic oxidation sites excluding steroid dienone is 4. The van der Waals surface area contributed by atoms with E-state index in [0.717, 1.165) is 11.1 Å². The van der Waals surface area contributed by atoms with Crippen LogP contribution in [0.1, 0.15) is 12.0 Å². The molecule has 1 aromatic rings. The third-order valence-corrected chi connectivity index (χ3v) is 3.12. The molecule has 0 amide bonds. The minimum atomic E-state index is -0.456. The van der Waals surface area contributed by atoms with Crippen molar-refractivity contribution in [2.24, 2.45) is 5.92 Å². The number of non-ortho nitro benzene ring substituents is 1. The van der Waals surface area contributed by atoms with Crippen molar-refractivity contribution < 1.29 is 4.92 Å². The summed E-state index contributed by atoms with van der Waals surface area (Å²) in [6.45, 7) is 0. The van der Waals surface area contributed by atoms with E-state index in [0.29, 0.717) is 11.5 Å². The Bertz CT molecular complexity index is 582. The Hall–Kier alpha value is -2.12. The van der Waals surface area contributed by atoms with Crippen molar-refractivity contribution >= 4 is 22.9 Å². The molecule has 0 saturated carbocycles. The fourth-order valence-electron chi connectivity index (χ4n) is 1.90. The molecule has 0 fully saturated rings. The average molecular weight is 261 g/mol. The van der Waals surface area contributed by atoms with E-state index in [1.54, 1.807) is 18.2 Å². The first kappa shape index (κ1) is 12.3. The van der Waals surface area contributed by atoms with Crippen molar-refractivity contribution in [2.75, 3.05) is 0 Å². The van der Waals surface area contributed by atoms with Crippen molar-refractivity contribution in [1.82, 2.24) is 0 Å². The largest absolute Gasteiger partial charge is 0.269 e. The van der Waals surface area contributed by atoms with Gasteiger partial charge in [-0.25, -0.2) is 0 Å². The summed E-state index contributed by atoms with van der Waals surface area (Å²) in [5, 5.41) is 20.2. The summed E-state index contributed by atoms with van der Waals surface area (Å²) < 4.78 is 0. The van der Waals surface area contributed by atoms with Gasteiger partial charge in [0, 0.05) is 17.2 Å². The van der Waals surface area contributed by atoms with E-state index in [-0.39, 0.29) is 11.6 Å². The summed E-state index contributed by atoms with van der Waals surface area (Å²) >= 11 is 6.10. The molecule has 0 aromatic heterocycles. The maximum atomic E-state index is 10.6. The first-order chi connectivity index (χ1) is 8.63. The fourth-order valence-corrected chi connectivity index (χ4v) is 2.23. The van der Waals surface area contributed by atoms with Crippen LogP contribution in [-0.2, 0) is 0 Å². The van der Waals surface area contributed by atoms with Gasteiger partial charge < -0.3 is 0 Å². The van der Waals surface area contributed by atoms with E-state index in [1.807, 2.05) is 6.08 Å². The second-order valence-electron chi connectivity index (χ2n) is 3.89. The molecule has 1 aliphatic carbocycles. The standard InChI is InChI=1S/C13H9ClN2O2/c14-12-3-1-2-10(8-15)13(12)9-4-6-11(7-5-9)16(17)18/h1,3-7,10H,2H2. The Kier molecular flexibility index (Phi) is 3.45. The molecule has 0 saturated heterocycles. The highest BCUT2D eigenvalue weighted by molar-refractivity contribution is 6.34. The zero-order chi connectivity index (χ0) is 13.1. The number of hydrogen-bond donors (Lipinski definition) is 0. The molecule has 1 aliphatic rings. The SMILES string of the molecule is N#CC1CC=CC(Cl)=C1c1ccc([N+](=O)[O-])cc1. The highest BCUT2D eigenvalue weighted by Crippen LogP contribution is 2.35. The van der Waals surface area contributed by atoms with E-state index in [4.69, 9.17) is 16.9 Å². The van der Waals surface area contributed by atoms with E-state index < -0.39 is 4.92 Å². The van der Waals surface area contributed by atoms with Gasteiger partial charge in [0.25, 0.3) is 5.69 Å². The first-order valence-corrected chi connectivity index (χ1v) is 5.72. The van der Waals surface area contributed by atoms with Crippen LogP contribution in [0, 0.1) is 27.4 Å². The Labute approximate surface area is 109 Å². The lowest BCUT2D eigenvalue weighted by Crippen LogP contribution is -2.04. The van der Waals surface area contributed by atoms with Gasteiger partial charge in [-0.15, -0.1) is 0 Å². The zero-order valence-corrected chi connectivity index (χ0v) is 10.1. The molecule has 0 heterocycles. The van der Waals surface area contributed by atoms with E-state index >= 15 is 0 Å². The molecule has 0 N–H and O–H groups in total. The maximum absolute atomic E-state index is 10.6. The molecule has 1 unspecified atom stereocenters. The topological polar surface area (TPSA) is 66.9 Å². The van der Waals surface area contributed by atoms with Gasteiger partial charge in [-0.05, 0) is 35.8 Å². The first-order valence-electron chi connectivity index (χ1n) is 5.34. The summed E-state index contributed by atoms with van der Waals surface area (Å²) in [5.74, 6) is -0.302. The van der Waals surface area contributed by atoms with E-state index in [2.05, 4.69) is 6.07 Å². The quantitative estimate of drug-likeness (QED) is 0.602. The number of nitro groups is 1. The third-order valence-electron chi connectivity index (χ3n) is 2.79. The summed E-state index contributed by atoms with van der Waals surface area (Å²) in [6.07, 6.45) is 4.22. The Morgan fingerprint density at radius 2 is 2.06 bits per heavy atom. The molecule has 90 valence electrons. The number of rotatable bonds is 2. The van der Waals surface area contributed by atoms with Gasteiger partial charge >= 0.3 is 0 Å². The molecule has 1 aromatic carbocycles. The van der Waals surface area contributed by atoms with Crippen LogP contribution < -0.4 is 0 Å². The Morgan fingerprint density at radius 1 is 1.39 bits per heavy atom. The van der Waals surface area contributed by atoms with Crippen molar-refractivity contribution in [3.8, 4) is 6.07 Å². The van der Waals surface area contributed by atoms with Crippen LogP contribution in [0.25, 0.3) is 5.57 Å². The molecule has 18 heavy (non-hydrogen) atoms. The molecule has 5 heteroatoms. The van der Waals surface area contributed by atoms with Gasteiger partial charge in [0.15, 0.2) is 0 Å². The summed E-state index contributed by atoms with van der Waals surface area (Å²) in [5.41, 5.74) is 1.51. The van der Waals surface area contributed by atoms with Crippen molar-refractivity contribution in [3.05, 3.63) is 57.1 Å². The van der Waals surface area contributed by atoms with Gasteiger partial charge in [-0.2, -0.15) is 5.26 Å². The van der Waals surface area contributed by atoms with Crippen LogP contribution in [0.3, 0.4) is 0 Å². The van der Waals surface area contributed by atoms with E-state index in [1.165, 1.54) is 12.1 Å². The van der Waals surface area contributed by atoms with Gasteiger partial charge in [-0.1, -0.05) is 17.7 Å². The molecular weight excluding hydrogens is 252 g/mol. The molecule has 4 nitrogen and oxygen atoms in total. The van der Waals surface area contributed by atoms with Crippen LogP contribution in [0.2, 0.25) is 0 Å². The van der Waals surface area contributed by atoms with Gasteiger partial charge in [0.2, 0.25) is 0 Å². The number of nitriles is 1. The number of nitro benzene ring substituents is 1. The number of benzene rings is 1. The summed E-state index contributed by atoms with van der Waals surface area (Å²) in [6, 6.07) is 8.27. The van der Waals surface area contributed by atoms with Crippen LogP contribution in [0.4, 0.5) is 5.69 Å². The van der Waals surface area contributed by atoms with Crippen molar-refractivity contribution in [3.63, 3.8) is 0 Å². The number of hydrogen-bond acceptors (Lipinski definition) is 3. The predicted molar refractivity (Wildman–Crippen MR) is 68.7 cm³/mol. The fraction of sp³-hybridized carbons (Fsp3) is 0.154. The van der Waals surface area contributed by atoms with Gasteiger partial charge in [0.05, 0.1) is 16.9 Å². The lowest BCUT2D eigenvalue weighted by molar-refractivity contribution is -0.384. The highest BCUT2D eigenvalue weighted by Gasteiger charge is 2.21. The molecule has 1 atom stereocenters. The summed E-state index contributed by atoms with van der Waals surface area (Å²) in [4.78, 5) is 10.1. The molecule has 0 aliphatic heterocycles. The zero-order valence-electron chi connectivity index (χ0n) is 9.34. The molecule has 0 spiro atoms. The second-order valence-corrected chi connectivity index (χ2v) is 4.29. The number of halogens is 1. The normalized spacial score (nSPS) is 18.6. The third kappa shape index (κ3) is 2.27. The molecular formula is C13H9ClN2O2. The summed E-state index contributed by atoms with van der Waals surface area (Å²) in [7, 11) is 0. The van der Waals surface area contributed by atoms with Crippen molar-refractivity contribution in [2.45, 2.75) is 6.42 Å². The van der Waals surface area contributed by atoms with Crippen LogP contribution in [-0.4, -0.2) is 4.92 Å². The van der Waals surface area contributed by atoms with Gasteiger partial charge in [0.1, 0.15) is 0 Å². The van der Waals surface area contributed by atoms with Crippen LogP contribution in [0.5, 0.6) is 0 Å². The van der Waals surface area contributed by atoms with Crippen molar-refractivity contribution in [1.29, 1.82) is 5.26 Å². The average Bonchev–Trinajstić information content (AvgIpc) is 2.38. The maximum Gasteiger partial charge on any atom is 0.269 e.